The standard InChI is InChI=1S/C42H66N2O4/c1-6-8-10-12-14-16-18-20-34-22-26-37(27-23-34)47-39(45)43-33-42(5)31-36(30-41(3,4)32-42)44-40(46)48-38-28-24-35(25-29-38)21-19-17-15-13-11-9-7-2/h22-29,36H,6-21,30-33H2,1-5H3,(H,43,45)(H,44,46). The summed E-state index contributed by atoms with van der Waals surface area (Å²) in [7, 11) is 0. The first-order valence-corrected chi connectivity index (χ1v) is 19.2. The second kappa shape index (κ2) is 21.1. The molecule has 0 aromatic heterocycles. The van der Waals surface area contributed by atoms with Gasteiger partial charge in [-0.1, -0.05) is 136 Å². The van der Waals surface area contributed by atoms with E-state index < -0.39 is 12.2 Å². The third kappa shape index (κ3) is 15.9. The molecule has 2 unspecified atom stereocenters. The SMILES string of the molecule is CCCCCCCCCc1ccc(OC(=O)NCC2(C)CC(NC(=O)Oc3ccc(CCCCCCCCC)cc3)CC(C)(C)C2)cc1. The number of hydrogen-bond acceptors (Lipinski definition) is 4. The predicted molar refractivity (Wildman–Crippen MR) is 199 cm³/mol. The van der Waals surface area contributed by atoms with Crippen molar-refractivity contribution in [2.24, 2.45) is 10.8 Å². The summed E-state index contributed by atoms with van der Waals surface area (Å²) in [5.74, 6) is 1.11. The van der Waals surface area contributed by atoms with Crippen LogP contribution < -0.4 is 20.1 Å². The average molecular weight is 663 g/mol. The molecule has 2 atom stereocenters. The van der Waals surface area contributed by atoms with Crippen LogP contribution in [0.25, 0.3) is 0 Å². The number of ether oxygens (including phenoxy) is 2. The number of carbonyl (C=O) groups excluding carboxylic acids is 2. The normalized spacial score (nSPS) is 18.6. The molecular weight excluding hydrogens is 596 g/mol. The van der Waals surface area contributed by atoms with Gasteiger partial charge in [-0.2, -0.15) is 0 Å². The minimum atomic E-state index is -0.446. The van der Waals surface area contributed by atoms with Crippen molar-refractivity contribution in [1.29, 1.82) is 0 Å². The van der Waals surface area contributed by atoms with Crippen molar-refractivity contribution < 1.29 is 19.1 Å². The molecule has 6 heteroatoms. The summed E-state index contributed by atoms with van der Waals surface area (Å²) in [6.45, 7) is 11.6. The van der Waals surface area contributed by atoms with Crippen LogP contribution in [0.15, 0.2) is 48.5 Å². The molecule has 48 heavy (non-hydrogen) atoms. The van der Waals surface area contributed by atoms with Gasteiger partial charge >= 0.3 is 12.2 Å². The molecule has 0 heterocycles. The smallest absolute Gasteiger partial charge is 0.410 e. The maximum atomic E-state index is 12.9. The van der Waals surface area contributed by atoms with Gasteiger partial charge in [-0.25, -0.2) is 9.59 Å². The quantitative estimate of drug-likeness (QED) is 0.130. The number of carbonyl (C=O) groups is 2. The largest absolute Gasteiger partial charge is 0.412 e. The summed E-state index contributed by atoms with van der Waals surface area (Å²) in [5, 5.41) is 6.11. The Kier molecular flexibility index (Phi) is 17.4. The highest BCUT2D eigenvalue weighted by molar-refractivity contribution is 5.71. The molecule has 268 valence electrons. The van der Waals surface area contributed by atoms with E-state index in [-0.39, 0.29) is 16.9 Å². The second-order valence-corrected chi connectivity index (χ2v) is 15.6. The minimum Gasteiger partial charge on any atom is -0.410 e. The molecular formula is C42H66N2O4. The zero-order chi connectivity index (χ0) is 34.7. The van der Waals surface area contributed by atoms with Crippen LogP contribution in [0.1, 0.15) is 155 Å². The Labute approximate surface area is 292 Å². The maximum absolute atomic E-state index is 12.9. The number of amides is 2. The number of rotatable bonds is 21. The lowest BCUT2D eigenvalue weighted by molar-refractivity contribution is 0.0701. The average Bonchev–Trinajstić information content (AvgIpc) is 3.03. The molecule has 1 saturated carbocycles. The fourth-order valence-corrected chi connectivity index (χ4v) is 7.62. The van der Waals surface area contributed by atoms with Gasteiger partial charge in [0.25, 0.3) is 0 Å². The number of unbranched alkanes of at least 4 members (excludes halogenated alkanes) is 12. The summed E-state index contributed by atoms with van der Waals surface area (Å²) in [6.07, 6.45) is 22.0. The van der Waals surface area contributed by atoms with Crippen LogP contribution in [0, 0.1) is 10.8 Å². The predicted octanol–water partition coefficient (Wildman–Crippen LogP) is 11.7. The van der Waals surface area contributed by atoms with E-state index >= 15 is 0 Å². The number of hydrogen-bond donors (Lipinski definition) is 2. The fraction of sp³-hybridized carbons (Fsp3) is 0.667. The molecule has 2 aromatic rings. The van der Waals surface area contributed by atoms with Gasteiger partial charge in [-0.3, -0.25) is 0 Å². The van der Waals surface area contributed by atoms with Gasteiger partial charge in [-0.15, -0.1) is 0 Å². The summed E-state index contributed by atoms with van der Waals surface area (Å²) < 4.78 is 11.3. The van der Waals surface area contributed by atoms with Crippen molar-refractivity contribution in [3.05, 3.63) is 59.7 Å². The van der Waals surface area contributed by atoms with E-state index in [0.717, 1.165) is 32.1 Å². The molecule has 1 aliphatic rings. The molecule has 1 fully saturated rings. The Morgan fingerprint density at radius 2 is 1.06 bits per heavy atom. The van der Waals surface area contributed by atoms with Crippen molar-refractivity contribution in [3.63, 3.8) is 0 Å². The zero-order valence-electron chi connectivity index (χ0n) is 31.0. The van der Waals surface area contributed by atoms with Crippen LogP contribution in [0.3, 0.4) is 0 Å². The summed E-state index contributed by atoms with van der Waals surface area (Å²) in [6, 6.07) is 15.8. The van der Waals surface area contributed by atoms with E-state index in [9.17, 15) is 9.59 Å². The summed E-state index contributed by atoms with van der Waals surface area (Å²) in [5.41, 5.74) is 2.36. The first kappa shape index (κ1) is 39.4. The molecule has 6 nitrogen and oxygen atoms in total. The Hall–Kier alpha value is -3.02. The number of aryl methyl sites for hydroxylation is 2. The van der Waals surface area contributed by atoms with Crippen LogP contribution in [-0.4, -0.2) is 24.8 Å². The van der Waals surface area contributed by atoms with Gasteiger partial charge in [0.05, 0.1) is 0 Å². The van der Waals surface area contributed by atoms with Gasteiger partial charge in [0.15, 0.2) is 0 Å². The first-order chi connectivity index (χ1) is 23.1. The molecule has 2 N–H and O–H groups in total. The molecule has 0 spiro atoms. The van der Waals surface area contributed by atoms with Gasteiger partial charge in [0.1, 0.15) is 11.5 Å². The highest BCUT2D eigenvalue weighted by Crippen LogP contribution is 2.45. The topological polar surface area (TPSA) is 76.7 Å². The Morgan fingerprint density at radius 1 is 0.625 bits per heavy atom. The molecule has 0 saturated heterocycles. The Balaban J connectivity index is 1.38. The lowest BCUT2D eigenvalue weighted by Crippen LogP contribution is -2.51. The molecule has 2 amide bonds. The molecule has 1 aliphatic carbocycles. The zero-order valence-corrected chi connectivity index (χ0v) is 31.0. The minimum absolute atomic E-state index is 0.000478. The van der Waals surface area contributed by atoms with Crippen LogP contribution in [0.2, 0.25) is 0 Å². The highest BCUT2D eigenvalue weighted by Gasteiger charge is 2.42. The first-order valence-electron chi connectivity index (χ1n) is 19.2. The van der Waals surface area contributed by atoms with Crippen LogP contribution >= 0.6 is 0 Å². The van der Waals surface area contributed by atoms with Gasteiger partial charge in [0, 0.05) is 12.6 Å². The van der Waals surface area contributed by atoms with E-state index in [2.05, 4.69) is 69.5 Å². The molecule has 3 rings (SSSR count). The van der Waals surface area contributed by atoms with E-state index in [4.69, 9.17) is 9.47 Å². The number of benzene rings is 2. The Bertz CT molecular complexity index is 1190. The van der Waals surface area contributed by atoms with Crippen LogP contribution in [-0.2, 0) is 12.8 Å². The lowest BCUT2D eigenvalue weighted by Gasteiger charge is -2.46. The van der Waals surface area contributed by atoms with Crippen molar-refractivity contribution in [1.82, 2.24) is 10.6 Å². The number of nitrogens with one attached hydrogen (secondary N) is 2. The van der Waals surface area contributed by atoms with E-state index in [1.165, 1.54) is 101 Å². The fourth-order valence-electron chi connectivity index (χ4n) is 7.62. The summed E-state index contributed by atoms with van der Waals surface area (Å²) >= 11 is 0. The Morgan fingerprint density at radius 3 is 1.54 bits per heavy atom. The van der Waals surface area contributed by atoms with Crippen LogP contribution in [0.4, 0.5) is 9.59 Å². The lowest BCUT2D eigenvalue weighted by atomic mass is 9.62. The van der Waals surface area contributed by atoms with E-state index in [0.29, 0.717) is 18.0 Å². The maximum Gasteiger partial charge on any atom is 0.412 e. The van der Waals surface area contributed by atoms with E-state index in [1.807, 2.05) is 24.3 Å². The molecule has 0 radical (unpaired) electrons. The molecule has 0 bridgehead atoms. The molecule has 0 aliphatic heterocycles. The van der Waals surface area contributed by atoms with Gasteiger partial charge < -0.3 is 20.1 Å². The van der Waals surface area contributed by atoms with Crippen molar-refractivity contribution >= 4 is 12.2 Å². The monoisotopic (exact) mass is 663 g/mol. The van der Waals surface area contributed by atoms with Gasteiger partial charge in [-0.05, 0) is 91.2 Å². The van der Waals surface area contributed by atoms with Crippen molar-refractivity contribution in [2.75, 3.05) is 6.54 Å². The third-order valence-corrected chi connectivity index (χ3v) is 9.83. The van der Waals surface area contributed by atoms with Gasteiger partial charge in [0.2, 0.25) is 0 Å². The van der Waals surface area contributed by atoms with Crippen LogP contribution in [0.5, 0.6) is 11.5 Å². The van der Waals surface area contributed by atoms with Crippen molar-refractivity contribution in [2.45, 2.75) is 163 Å². The third-order valence-electron chi connectivity index (χ3n) is 9.83. The van der Waals surface area contributed by atoms with Crippen molar-refractivity contribution in [3.8, 4) is 11.5 Å². The second-order valence-electron chi connectivity index (χ2n) is 15.6. The summed E-state index contributed by atoms with van der Waals surface area (Å²) in [4.78, 5) is 25.6. The highest BCUT2D eigenvalue weighted by atomic mass is 16.6. The van der Waals surface area contributed by atoms with E-state index in [1.54, 1.807) is 0 Å². The molecule has 2 aromatic carbocycles.